The van der Waals surface area contributed by atoms with Crippen molar-refractivity contribution in [3.8, 4) is 0 Å². The van der Waals surface area contributed by atoms with Gasteiger partial charge < -0.3 is 15.4 Å². The summed E-state index contributed by atoms with van der Waals surface area (Å²) in [5, 5.41) is 9.48. The van der Waals surface area contributed by atoms with E-state index in [1.54, 1.807) is 0 Å². The number of ether oxygens (including phenoxy) is 1. The first-order valence-corrected chi connectivity index (χ1v) is 8.70. The smallest absolute Gasteiger partial charge is 0.411 e. The van der Waals surface area contributed by atoms with E-state index in [0.29, 0.717) is 18.3 Å². The summed E-state index contributed by atoms with van der Waals surface area (Å²) in [6, 6.07) is 8.15. The van der Waals surface area contributed by atoms with E-state index in [9.17, 15) is 4.79 Å². The van der Waals surface area contributed by atoms with Gasteiger partial charge in [-0.3, -0.25) is 5.32 Å². The monoisotopic (exact) mass is 460 g/mol. The molecule has 0 radical (unpaired) electrons. The molecule has 1 amide bonds. The summed E-state index contributed by atoms with van der Waals surface area (Å²) in [5.41, 5.74) is 1.80. The maximum Gasteiger partial charge on any atom is 0.411 e. The van der Waals surface area contributed by atoms with E-state index < -0.39 is 6.09 Å². The number of guanidine groups is 1. The van der Waals surface area contributed by atoms with Crippen LogP contribution in [-0.4, -0.2) is 31.7 Å². The number of hydrogen-bond acceptors (Lipinski definition) is 3. The molecule has 0 saturated heterocycles. The second-order valence-electron chi connectivity index (χ2n) is 5.99. The minimum absolute atomic E-state index is 0. The number of carbonyl (C=O) groups excluding carboxylic acids is 1. The number of amides is 1. The Labute approximate surface area is 167 Å². The van der Waals surface area contributed by atoms with Crippen molar-refractivity contribution in [2.24, 2.45) is 4.99 Å². The number of rotatable bonds is 5. The normalized spacial score (nSPS) is 15.0. The van der Waals surface area contributed by atoms with Crippen LogP contribution in [0, 0.1) is 0 Å². The summed E-state index contributed by atoms with van der Waals surface area (Å²) in [6.45, 7) is 3.52. The molecule has 0 aliphatic heterocycles. The van der Waals surface area contributed by atoms with E-state index in [1.807, 2.05) is 24.3 Å². The Morgan fingerprint density at radius 1 is 1.20 bits per heavy atom. The molecule has 0 spiro atoms. The van der Waals surface area contributed by atoms with Gasteiger partial charge in [0, 0.05) is 18.3 Å². The van der Waals surface area contributed by atoms with Gasteiger partial charge in [-0.15, -0.1) is 24.0 Å². The quantitative estimate of drug-likeness (QED) is 0.354. The van der Waals surface area contributed by atoms with E-state index >= 15 is 0 Å². The minimum atomic E-state index is -0.466. The number of halogens is 1. The fourth-order valence-corrected chi connectivity index (χ4v) is 2.79. The van der Waals surface area contributed by atoms with Gasteiger partial charge in [0.2, 0.25) is 0 Å². The summed E-state index contributed by atoms with van der Waals surface area (Å²) in [6.07, 6.45) is 5.92. The van der Waals surface area contributed by atoms with Crippen molar-refractivity contribution in [3.63, 3.8) is 0 Å². The van der Waals surface area contributed by atoms with Crippen LogP contribution in [0.25, 0.3) is 0 Å². The topological polar surface area (TPSA) is 74.8 Å². The van der Waals surface area contributed by atoms with E-state index in [4.69, 9.17) is 0 Å². The van der Waals surface area contributed by atoms with Crippen LogP contribution >= 0.6 is 24.0 Å². The van der Waals surface area contributed by atoms with Gasteiger partial charge >= 0.3 is 6.09 Å². The van der Waals surface area contributed by atoms with Crippen molar-refractivity contribution >= 4 is 41.7 Å². The second kappa shape index (κ2) is 11.9. The lowest BCUT2D eigenvalue weighted by molar-refractivity contribution is 0.187. The van der Waals surface area contributed by atoms with Crippen molar-refractivity contribution in [2.75, 3.05) is 19.0 Å². The van der Waals surface area contributed by atoms with E-state index in [-0.39, 0.29) is 24.0 Å². The molecule has 140 valence electrons. The predicted octanol–water partition coefficient (Wildman–Crippen LogP) is 3.87. The van der Waals surface area contributed by atoms with Gasteiger partial charge in [-0.1, -0.05) is 31.4 Å². The lowest BCUT2D eigenvalue weighted by Gasteiger charge is -2.24. The predicted molar refractivity (Wildman–Crippen MR) is 113 cm³/mol. The van der Waals surface area contributed by atoms with Gasteiger partial charge in [-0.2, -0.15) is 0 Å². The molecule has 0 aromatic heterocycles. The zero-order valence-electron chi connectivity index (χ0n) is 15.0. The number of nitrogens with zero attached hydrogens (tertiary/aromatic N) is 1. The molecule has 1 aliphatic rings. The number of anilines is 1. The van der Waals surface area contributed by atoms with Crippen LogP contribution in [0.4, 0.5) is 10.5 Å². The highest BCUT2D eigenvalue weighted by atomic mass is 127. The van der Waals surface area contributed by atoms with Gasteiger partial charge in [0.25, 0.3) is 0 Å². The van der Waals surface area contributed by atoms with E-state index in [1.165, 1.54) is 39.2 Å². The molecule has 1 fully saturated rings. The lowest BCUT2D eigenvalue weighted by Crippen LogP contribution is -2.44. The van der Waals surface area contributed by atoms with Crippen molar-refractivity contribution in [2.45, 2.75) is 51.6 Å². The maximum atomic E-state index is 11.2. The zero-order chi connectivity index (χ0) is 17.2. The van der Waals surface area contributed by atoms with E-state index in [2.05, 4.69) is 32.6 Å². The molecule has 0 heterocycles. The highest BCUT2D eigenvalue weighted by Crippen LogP contribution is 2.17. The molecule has 1 aliphatic carbocycles. The van der Waals surface area contributed by atoms with Crippen molar-refractivity contribution in [1.29, 1.82) is 0 Å². The minimum Gasteiger partial charge on any atom is -0.453 e. The van der Waals surface area contributed by atoms with Crippen LogP contribution in [-0.2, 0) is 11.3 Å². The lowest BCUT2D eigenvalue weighted by atomic mass is 9.96. The largest absolute Gasteiger partial charge is 0.453 e. The molecule has 0 bridgehead atoms. The number of nitrogens with one attached hydrogen (secondary N) is 3. The van der Waals surface area contributed by atoms with Crippen LogP contribution in [0.5, 0.6) is 0 Å². The fourth-order valence-electron chi connectivity index (χ4n) is 2.79. The van der Waals surface area contributed by atoms with Gasteiger partial charge in [0.15, 0.2) is 5.96 Å². The molecule has 7 heteroatoms. The number of methoxy groups -OCH3 is 1. The summed E-state index contributed by atoms with van der Waals surface area (Å²) >= 11 is 0. The van der Waals surface area contributed by atoms with Gasteiger partial charge in [-0.25, -0.2) is 9.79 Å². The number of aliphatic imine (C=N–C) groups is 1. The van der Waals surface area contributed by atoms with Gasteiger partial charge in [0.1, 0.15) is 0 Å². The first-order valence-electron chi connectivity index (χ1n) is 8.70. The highest BCUT2D eigenvalue weighted by Gasteiger charge is 2.14. The summed E-state index contributed by atoms with van der Waals surface area (Å²) in [5.74, 6) is 0.876. The molecule has 3 N–H and O–H groups in total. The first-order chi connectivity index (χ1) is 11.7. The number of hydrogen-bond donors (Lipinski definition) is 3. The Balaban J connectivity index is 0.00000312. The number of benzene rings is 1. The molecule has 1 aromatic carbocycles. The molecule has 1 saturated carbocycles. The molecule has 0 atom stereocenters. The molecule has 2 rings (SSSR count). The molecule has 25 heavy (non-hydrogen) atoms. The molecular formula is C18H29IN4O2. The fraction of sp³-hybridized carbons (Fsp3) is 0.556. The Kier molecular flexibility index (Phi) is 10.3. The standard InChI is InChI=1S/C18H28N4O2.HI/c1-3-19-17(21-15-7-5-4-6-8-15)20-13-14-9-11-16(12-10-14)22-18(23)24-2;/h9-12,15H,3-8,13H2,1-2H3,(H,22,23)(H2,19,20,21);1H. The Bertz CT molecular complexity index is 543. The Hall–Kier alpha value is -1.51. The van der Waals surface area contributed by atoms with Crippen LogP contribution in [0.3, 0.4) is 0 Å². The third-order valence-electron chi connectivity index (χ3n) is 4.10. The highest BCUT2D eigenvalue weighted by molar-refractivity contribution is 14.0. The van der Waals surface area contributed by atoms with Crippen LogP contribution in [0.15, 0.2) is 29.3 Å². The Morgan fingerprint density at radius 2 is 1.88 bits per heavy atom. The Morgan fingerprint density at radius 3 is 2.48 bits per heavy atom. The zero-order valence-corrected chi connectivity index (χ0v) is 17.3. The SMILES string of the molecule is CCNC(=NCc1ccc(NC(=O)OC)cc1)NC1CCCCC1.I. The molecule has 0 unspecified atom stereocenters. The van der Waals surface area contributed by atoms with Crippen LogP contribution in [0.1, 0.15) is 44.6 Å². The third-order valence-corrected chi connectivity index (χ3v) is 4.10. The molecule has 6 nitrogen and oxygen atoms in total. The number of carbonyl (C=O) groups is 1. The summed E-state index contributed by atoms with van der Waals surface area (Å²) < 4.78 is 4.57. The average molecular weight is 460 g/mol. The van der Waals surface area contributed by atoms with Gasteiger partial charge in [-0.05, 0) is 37.5 Å². The first kappa shape index (κ1) is 21.5. The van der Waals surface area contributed by atoms with Gasteiger partial charge in [0.05, 0.1) is 13.7 Å². The summed E-state index contributed by atoms with van der Waals surface area (Å²) in [4.78, 5) is 15.8. The molecule has 1 aromatic rings. The van der Waals surface area contributed by atoms with Crippen LogP contribution < -0.4 is 16.0 Å². The third kappa shape index (κ3) is 7.94. The summed E-state index contributed by atoms with van der Waals surface area (Å²) in [7, 11) is 1.35. The van der Waals surface area contributed by atoms with Crippen molar-refractivity contribution in [1.82, 2.24) is 10.6 Å². The van der Waals surface area contributed by atoms with Crippen molar-refractivity contribution in [3.05, 3.63) is 29.8 Å². The van der Waals surface area contributed by atoms with Crippen molar-refractivity contribution < 1.29 is 9.53 Å². The maximum absolute atomic E-state index is 11.2. The second-order valence-corrected chi connectivity index (χ2v) is 5.99. The molecular weight excluding hydrogens is 431 g/mol. The average Bonchev–Trinajstić information content (AvgIpc) is 2.62. The van der Waals surface area contributed by atoms with Crippen LogP contribution in [0.2, 0.25) is 0 Å². The van der Waals surface area contributed by atoms with E-state index in [0.717, 1.165) is 18.1 Å².